The minimum absolute atomic E-state index is 0.0294. The normalized spacial score (nSPS) is 17.6. The Morgan fingerprint density at radius 2 is 1.84 bits per heavy atom. The zero-order valence-electron chi connectivity index (χ0n) is 12.3. The first-order valence-electron chi connectivity index (χ1n) is 6.82. The highest BCUT2D eigenvalue weighted by molar-refractivity contribution is 5.94. The zero-order valence-corrected chi connectivity index (χ0v) is 12.3. The molecule has 19 heavy (non-hydrogen) atoms. The van der Waals surface area contributed by atoms with Crippen LogP contribution in [0.5, 0.6) is 0 Å². The molecule has 0 aliphatic carbocycles. The van der Waals surface area contributed by atoms with Crippen LogP contribution < -0.4 is 0 Å². The van der Waals surface area contributed by atoms with Gasteiger partial charge in [0.05, 0.1) is 0 Å². The minimum atomic E-state index is -0.0294. The number of carbonyl (C=O) groups excluding carboxylic acids is 1. The summed E-state index contributed by atoms with van der Waals surface area (Å²) in [4.78, 5) is 21.0. The molecule has 0 bridgehead atoms. The molecular formula is C15H23N3O. The monoisotopic (exact) mass is 261 g/mol. The number of amides is 1. The lowest BCUT2D eigenvalue weighted by Gasteiger charge is -2.32. The standard InChI is InChI=1S/C15H23N3O/c1-15(2,3)13-11-12(5-6-16-13)14(19)18-9-7-17(4)8-10-18/h5-6,11H,7-10H2,1-4H3. The van der Waals surface area contributed by atoms with Crippen molar-refractivity contribution in [2.75, 3.05) is 33.2 Å². The van der Waals surface area contributed by atoms with E-state index in [0.29, 0.717) is 0 Å². The highest BCUT2D eigenvalue weighted by atomic mass is 16.2. The van der Waals surface area contributed by atoms with Gasteiger partial charge >= 0.3 is 0 Å². The van der Waals surface area contributed by atoms with Gasteiger partial charge in [0.1, 0.15) is 0 Å². The summed E-state index contributed by atoms with van der Waals surface area (Å²) in [5, 5.41) is 0. The largest absolute Gasteiger partial charge is 0.336 e. The average molecular weight is 261 g/mol. The molecule has 2 rings (SSSR count). The van der Waals surface area contributed by atoms with E-state index in [9.17, 15) is 4.79 Å². The van der Waals surface area contributed by atoms with Gasteiger partial charge in [0.25, 0.3) is 5.91 Å². The van der Waals surface area contributed by atoms with Crippen molar-refractivity contribution in [2.45, 2.75) is 26.2 Å². The molecule has 104 valence electrons. The van der Waals surface area contributed by atoms with Crippen LogP contribution in [0, 0.1) is 0 Å². The molecule has 1 aromatic heterocycles. The van der Waals surface area contributed by atoms with E-state index in [0.717, 1.165) is 37.4 Å². The Balaban J connectivity index is 2.15. The first kappa shape index (κ1) is 14.0. The van der Waals surface area contributed by atoms with Gasteiger partial charge in [0.15, 0.2) is 0 Å². The second-order valence-corrected chi connectivity index (χ2v) is 6.28. The van der Waals surface area contributed by atoms with Crippen LogP contribution in [0.3, 0.4) is 0 Å². The van der Waals surface area contributed by atoms with Crippen molar-refractivity contribution < 1.29 is 4.79 Å². The topological polar surface area (TPSA) is 36.4 Å². The fraction of sp³-hybridized carbons (Fsp3) is 0.600. The third kappa shape index (κ3) is 3.32. The number of rotatable bonds is 1. The van der Waals surface area contributed by atoms with Crippen LogP contribution in [0.2, 0.25) is 0 Å². The van der Waals surface area contributed by atoms with Crippen LogP contribution in [0.4, 0.5) is 0 Å². The summed E-state index contributed by atoms with van der Waals surface area (Å²) in [7, 11) is 2.09. The van der Waals surface area contributed by atoms with Gasteiger partial charge < -0.3 is 9.80 Å². The van der Waals surface area contributed by atoms with E-state index in [4.69, 9.17) is 0 Å². The number of hydrogen-bond acceptors (Lipinski definition) is 3. The maximum Gasteiger partial charge on any atom is 0.254 e. The number of aromatic nitrogens is 1. The number of hydrogen-bond donors (Lipinski definition) is 0. The van der Waals surface area contributed by atoms with E-state index in [1.54, 1.807) is 6.20 Å². The van der Waals surface area contributed by atoms with Crippen molar-refractivity contribution >= 4 is 5.91 Å². The first-order valence-corrected chi connectivity index (χ1v) is 6.82. The fourth-order valence-electron chi connectivity index (χ4n) is 2.17. The molecule has 0 saturated carbocycles. The molecule has 0 spiro atoms. The number of pyridine rings is 1. The molecule has 1 aromatic rings. The van der Waals surface area contributed by atoms with E-state index >= 15 is 0 Å². The second kappa shape index (κ2) is 5.29. The summed E-state index contributed by atoms with van der Waals surface area (Å²) in [5.41, 5.74) is 1.69. The number of piperazine rings is 1. The van der Waals surface area contributed by atoms with Crippen molar-refractivity contribution in [3.8, 4) is 0 Å². The van der Waals surface area contributed by atoms with E-state index in [-0.39, 0.29) is 11.3 Å². The molecule has 1 saturated heterocycles. The summed E-state index contributed by atoms with van der Waals surface area (Å²) in [5.74, 6) is 0.126. The quantitative estimate of drug-likeness (QED) is 0.773. The van der Waals surface area contributed by atoms with Crippen LogP contribution >= 0.6 is 0 Å². The van der Waals surface area contributed by atoms with Gasteiger partial charge in [-0.1, -0.05) is 20.8 Å². The van der Waals surface area contributed by atoms with Gasteiger partial charge in [-0.05, 0) is 19.2 Å². The summed E-state index contributed by atoms with van der Waals surface area (Å²) in [6.45, 7) is 9.84. The smallest absolute Gasteiger partial charge is 0.254 e. The first-order chi connectivity index (χ1) is 8.88. The molecule has 1 fully saturated rings. The molecule has 0 N–H and O–H groups in total. The van der Waals surface area contributed by atoms with E-state index in [1.807, 2.05) is 17.0 Å². The molecule has 1 aliphatic heterocycles. The highest BCUT2D eigenvalue weighted by Gasteiger charge is 2.22. The Bertz CT molecular complexity index is 457. The Labute approximate surface area is 115 Å². The molecule has 1 aliphatic rings. The molecule has 4 heteroatoms. The molecule has 0 atom stereocenters. The Morgan fingerprint density at radius 3 is 2.42 bits per heavy atom. The number of nitrogens with zero attached hydrogens (tertiary/aromatic N) is 3. The lowest BCUT2D eigenvalue weighted by molar-refractivity contribution is 0.0664. The maximum absolute atomic E-state index is 12.5. The van der Waals surface area contributed by atoms with Crippen molar-refractivity contribution in [3.05, 3.63) is 29.6 Å². The maximum atomic E-state index is 12.5. The summed E-state index contributed by atoms with van der Waals surface area (Å²) in [6, 6.07) is 3.75. The zero-order chi connectivity index (χ0) is 14.0. The van der Waals surface area contributed by atoms with E-state index in [1.165, 1.54) is 0 Å². The van der Waals surface area contributed by atoms with E-state index < -0.39 is 0 Å². The third-order valence-electron chi connectivity index (χ3n) is 3.57. The van der Waals surface area contributed by atoms with Crippen molar-refractivity contribution in [3.63, 3.8) is 0 Å². The van der Waals surface area contributed by atoms with Crippen molar-refractivity contribution in [2.24, 2.45) is 0 Å². The van der Waals surface area contributed by atoms with Crippen LogP contribution in [-0.2, 0) is 5.41 Å². The van der Waals surface area contributed by atoms with Crippen LogP contribution in [0.25, 0.3) is 0 Å². The van der Waals surface area contributed by atoms with Gasteiger partial charge in [0, 0.05) is 49.0 Å². The molecule has 4 nitrogen and oxygen atoms in total. The highest BCUT2D eigenvalue weighted by Crippen LogP contribution is 2.21. The van der Waals surface area contributed by atoms with Crippen LogP contribution in [0.1, 0.15) is 36.8 Å². The van der Waals surface area contributed by atoms with Crippen molar-refractivity contribution in [1.82, 2.24) is 14.8 Å². The molecule has 2 heterocycles. The summed E-state index contributed by atoms with van der Waals surface area (Å²) < 4.78 is 0. The molecule has 0 unspecified atom stereocenters. The molecule has 0 radical (unpaired) electrons. The molecular weight excluding hydrogens is 238 g/mol. The molecule has 1 amide bonds. The molecule has 0 aromatic carbocycles. The van der Waals surface area contributed by atoms with Crippen LogP contribution in [-0.4, -0.2) is 53.9 Å². The predicted octanol–water partition coefficient (Wildman–Crippen LogP) is 1.77. The predicted molar refractivity (Wildman–Crippen MR) is 76.3 cm³/mol. The van der Waals surface area contributed by atoms with E-state index in [2.05, 4.69) is 37.7 Å². The number of carbonyl (C=O) groups is 1. The fourth-order valence-corrected chi connectivity index (χ4v) is 2.17. The number of likely N-dealkylation sites (N-methyl/N-ethyl adjacent to an activating group) is 1. The summed E-state index contributed by atoms with van der Waals surface area (Å²) in [6.07, 6.45) is 1.74. The van der Waals surface area contributed by atoms with Gasteiger partial charge in [-0.2, -0.15) is 0 Å². The van der Waals surface area contributed by atoms with Gasteiger partial charge in [-0.15, -0.1) is 0 Å². The van der Waals surface area contributed by atoms with Gasteiger partial charge in [-0.25, -0.2) is 0 Å². The SMILES string of the molecule is CN1CCN(C(=O)c2ccnc(C(C)(C)C)c2)CC1. The van der Waals surface area contributed by atoms with Gasteiger partial charge in [-0.3, -0.25) is 9.78 Å². The summed E-state index contributed by atoms with van der Waals surface area (Å²) >= 11 is 0. The average Bonchev–Trinajstić information content (AvgIpc) is 2.38. The van der Waals surface area contributed by atoms with Gasteiger partial charge in [0.2, 0.25) is 0 Å². The van der Waals surface area contributed by atoms with Crippen LogP contribution in [0.15, 0.2) is 18.3 Å². The third-order valence-corrected chi connectivity index (χ3v) is 3.57. The Hall–Kier alpha value is -1.42. The lowest BCUT2D eigenvalue weighted by atomic mass is 9.91. The Morgan fingerprint density at radius 1 is 1.21 bits per heavy atom. The Kier molecular flexibility index (Phi) is 3.90. The van der Waals surface area contributed by atoms with Crippen molar-refractivity contribution in [1.29, 1.82) is 0 Å². The minimum Gasteiger partial charge on any atom is -0.336 e. The lowest BCUT2D eigenvalue weighted by Crippen LogP contribution is -2.47. The second-order valence-electron chi connectivity index (χ2n) is 6.28.